The van der Waals surface area contributed by atoms with Gasteiger partial charge >= 0.3 is 0 Å². The molecule has 0 aliphatic heterocycles. The lowest BCUT2D eigenvalue weighted by molar-refractivity contribution is -0.124. The van der Waals surface area contributed by atoms with Crippen LogP contribution in [0.25, 0.3) is 0 Å². The SMILES string of the molecule is Cc1ccc(C)c(NC(=O)CCC(=O)NN=Cc2ccc(OCc3ccccc3)c(Br)c2)c1. The molecule has 0 saturated carbocycles. The van der Waals surface area contributed by atoms with Crippen LogP contribution >= 0.6 is 15.9 Å². The van der Waals surface area contributed by atoms with Crippen molar-refractivity contribution < 1.29 is 14.3 Å². The number of benzene rings is 3. The Labute approximate surface area is 202 Å². The van der Waals surface area contributed by atoms with Crippen molar-refractivity contribution in [1.82, 2.24) is 5.43 Å². The lowest BCUT2D eigenvalue weighted by atomic mass is 10.1. The van der Waals surface area contributed by atoms with Crippen molar-refractivity contribution in [1.29, 1.82) is 0 Å². The van der Waals surface area contributed by atoms with E-state index in [1.807, 2.05) is 80.6 Å². The first-order valence-electron chi connectivity index (χ1n) is 10.6. The molecule has 0 aliphatic rings. The molecule has 2 amide bonds. The van der Waals surface area contributed by atoms with Gasteiger partial charge in [-0.15, -0.1) is 0 Å². The van der Waals surface area contributed by atoms with Gasteiger partial charge in [0.25, 0.3) is 0 Å². The van der Waals surface area contributed by atoms with E-state index in [2.05, 4.69) is 31.8 Å². The summed E-state index contributed by atoms with van der Waals surface area (Å²) >= 11 is 3.50. The number of hydrogen-bond acceptors (Lipinski definition) is 4. The first-order valence-corrected chi connectivity index (χ1v) is 11.4. The Balaban J connectivity index is 1.43. The average molecular weight is 508 g/mol. The van der Waals surface area contributed by atoms with Gasteiger partial charge in [0.15, 0.2) is 0 Å². The van der Waals surface area contributed by atoms with E-state index in [-0.39, 0.29) is 24.7 Å². The number of nitrogens with one attached hydrogen (secondary N) is 2. The van der Waals surface area contributed by atoms with Crippen molar-refractivity contribution in [3.05, 3.63) is 93.5 Å². The first kappa shape index (κ1) is 24.2. The second-order valence-electron chi connectivity index (χ2n) is 7.62. The highest BCUT2D eigenvalue weighted by Crippen LogP contribution is 2.26. The molecular weight excluding hydrogens is 482 g/mol. The predicted octanol–water partition coefficient (Wildman–Crippen LogP) is 5.51. The van der Waals surface area contributed by atoms with Gasteiger partial charge in [0.2, 0.25) is 11.8 Å². The Morgan fingerprint density at radius 2 is 1.73 bits per heavy atom. The first-order chi connectivity index (χ1) is 15.9. The monoisotopic (exact) mass is 507 g/mol. The molecule has 7 heteroatoms. The van der Waals surface area contributed by atoms with Gasteiger partial charge in [0, 0.05) is 18.5 Å². The van der Waals surface area contributed by atoms with Crippen LogP contribution in [0.2, 0.25) is 0 Å². The number of hydrogen-bond donors (Lipinski definition) is 2. The number of ether oxygens (including phenoxy) is 1. The Kier molecular flexibility index (Phi) is 8.78. The number of carbonyl (C=O) groups is 2. The normalized spacial score (nSPS) is 10.8. The molecule has 0 radical (unpaired) electrons. The topological polar surface area (TPSA) is 79.8 Å². The van der Waals surface area contributed by atoms with Gasteiger partial charge in [0.05, 0.1) is 10.7 Å². The van der Waals surface area contributed by atoms with Crippen LogP contribution in [0, 0.1) is 13.8 Å². The summed E-state index contributed by atoms with van der Waals surface area (Å²) in [5.41, 5.74) is 7.13. The van der Waals surface area contributed by atoms with Crippen LogP contribution in [-0.4, -0.2) is 18.0 Å². The lowest BCUT2D eigenvalue weighted by Gasteiger charge is -2.09. The molecule has 6 nitrogen and oxygen atoms in total. The maximum atomic E-state index is 12.1. The van der Waals surface area contributed by atoms with E-state index in [1.54, 1.807) is 6.21 Å². The highest BCUT2D eigenvalue weighted by molar-refractivity contribution is 9.10. The molecule has 3 aromatic rings. The summed E-state index contributed by atoms with van der Waals surface area (Å²) in [6.07, 6.45) is 1.66. The minimum Gasteiger partial charge on any atom is -0.488 e. The number of carbonyl (C=O) groups excluding carboxylic acids is 2. The number of aryl methyl sites for hydroxylation is 2. The van der Waals surface area contributed by atoms with Gasteiger partial charge in [-0.25, -0.2) is 5.43 Å². The lowest BCUT2D eigenvalue weighted by Crippen LogP contribution is -2.20. The summed E-state index contributed by atoms with van der Waals surface area (Å²) in [5.74, 6) is 0.178. The van der Waals surface area contributed by atoms with Crippen LogP contribution in [0.4, 0.5) is 5.69 Å². The standard InChI is InChI=1S/C26H26BrN3O3/c1-18-8-9-19(2)23(14-18)29-25(31)12-13-26(32)30-28-16-21-10-11-24(22(27)15-21)33-17-20-6-4-3-5-7-20/h3-11,14-16H,12-13,17H2,1-2H3,(H,29,31)(H,30,32). The molecule has 0 fully saturated rings. The van der Waals surface area contributed by atoms with E-state index in [0.29, 0.717) is 6.61 Å². The fourth-order valence-electron chi connectivity index (χ4n) is 2.99. The Hall–Kier alpha value is -3.45. The van der Waals surface area contributed by atoms with Gasteiger partial charge in [-0.05, 0) is 76.3 Å². The fraction of sp³-hybridized carbons (Fsp3) is 0.192. The van der Waals surface area contributed by atoms with E-state index in [9.17, 15) is 9.59 Å². The molecule has 0 aromatic heterocycles. The maximum Gasteiger partial charge on any atom is 0.240 e. The summed E-state index contributed by atoms with van der Waals surface area (Å²) in [6, 6.07) is 21.3. The molecular formula is C26H26BrN3O3. The number of amides is 2. The maximum absolute atomic E-state index is 12.1. The van der Waals surface area contributed by atoms with Gasteiger partial charge in [0.1, 0.15) is 12.4 Å². The Morgan fingerprint density at radius 3 is 2.48 bits per heavy atom. The zero-order chi connectivity index (χ0) is 23.6. The summed E-state index contributed by atoms with van der Waals surface area (Å²) in [6.45, 7) is 4.36. The zero-order valence-electron chi connectivity index (χ0n) is 18.6. The summed E-state index contributed by atoms with van der Waals surface area (Å²) in [5, 5.41) is 6.82. The van der Waals surface area contributed by atoms with Gasteiger partial charge in [-0.2, -0.15) is 5.10 Å². The van der Waals surface area contributed by atoms with Crippen molar-refractivity contribution in [2.45, 2.75) is 33.3 Å². The van der Waals surface area contributed by atoms with Gasteiger partial charge in [-0.3, -0.25) is 9.59 Å². The minimum absolute atomic E-state index is 0.0456. The van der Waals surface area contributed by atoms with Crippen molar-refractivity contribution >= 4 is 39.6 Å². The molecule has 0 atom stereocenters. The number of nitrogens with zero attached hydrogens (tertiary/aromatic N) is 1. The number of hydrazone groups is 1. The quantitative estimate of drug-likeness (QED) is 0.295. The third kappa shape index (κ3) is 7.88. The number of anilines is 1. The molecule has 0 saturated heterocycles. The molecule has 0 spiro atoms. The number of rotatable bonds is 9. The Bertz CT molecular complexity index is 1150. The van der Waals surface area contributed by atoms with E-state index in [0.717, 1.165) is 38.2 Å². The summed E-state index contributed by atoms with van der Waals surface area (Å²) < 4.78 is 6.62. The molecule has 33 heavy (non-hydrogen) atoms. The zero-order valence-corrected chi connectivity index (χ0v) is 20.2. The number of halogens is 1. The van der Waals surface area contributed by atoms with Gasteiger partial charge in [-0.1, -0.05) is 42.5 Å². The molecule has 0 heterocycles. The Morgan fingerprint density at radius 1 is 0.970 bits per heavy atom. The largest absolute Gasteiger partial charge is 0.488 e. The smallest absolute Gasteiger partial charge is 0.240 e. The highest BCUT2D eigenvalue weighted by Gasteiger charge is 2.08. The second-order valence-corrected chi connectivity index (χ2v) is 8.48. The van der Waals surface area contributed by atoms with Crippen LogP contribution in [0.1, 0.15) is 35.1 Å². The molecule has 2 N–H and O–H groups in total. The second kappa shape index (κ2) is 12.0. The predicted molar refractivity (Wildman–Crippen MR) is 134 cm³/mol. The van der Waals surface area contributed by atoms with E-state index < -0.39 is 0 Å². The van der Waals surface area contributed by atoms with Crippen molar-refractivity contribution in [3.8, 4) is 5.75 Å². The molecule has 3 aromatic carbocycles. The van der Waals surface area contributed by atoms with E-state index >= 15 is 0 Å². The summed E-state index contributed by atoms with van der Waals surface area (Å²) in [4.78, 5) is 24.2. The van der Waals surface area contributed by atoms with Crippen molar-refractivity contribution in [3.63, 3.8) is 0 Å². The van der Waals surface area contributed by atoms with E-state index in [1.165, 1.54) is 0 Å². The highest BCUT2D eigenvalue weighted by atomic mass is 79.9. The minimum atomic E-state index is -0.329. The molecule has 3 rings (SSSR count). The van der Waals surface area contributed by atoms with Crippen molar-refractivity contribution in [2.24, 2.45) is 5.10 Å². The molecule has 0 bridgehead atoms. The average Bonchev–Trinajstić information content (AvgIpc) is 2.80. The van der Waals surface area contributed by atoms with Gasteiger partial charge < -0.3 is 10.1 Å². The molecule has 0 aliphatic carbocycles. The van der Waals surface area contributed by atoms with Crippen LogP contribution < -0.4 is 15.5 Å². The fourth-order valence-corrected chi connectivity index (χ4v) is 3.51. The molecule has 170 valence electrons. The molecule has 0 unspecified atom stereocenters. The summed E-state index contributed by atoms with van der Waals surface area (Å²) in [7, 11) is 0. The third-order valence-corrected chi connectivity index (χ3v) is 5.46. The van der Waals surface area contributed by atoms with E-state index in [4.69, 9.17) is 4.74 Å². The van der Waals surface area contributed by atoms with Crippen molar-refractivity contribution in [2.75, 3.05) is 5.32 Å². The van der Waals surface area contributed by atoms with Crippen LogP contribution in [0.3, 0.4) is 0 Å². The van der Waals surface area contributed by atoms with Crippen LogP contribution in [0.15, 0.2) is 76.3 Å². The third-order valence-electron chi connectivity index (χ3n) is 4.84. The van der Waals surface area contributed by atoms with Crippen LogP contribution in [-0.2, 0) is 16.2 Å². The van der Waals surface area contributed by atoms with Crippen LogP contribution in [0.5, 0.6) is 5.75 Å².